The molecule has 0 radical (unpaired) electrons. The zero-order chi connectivity index (χ0) is 18.5. The number of piperidine rings is 1. The van der Waals surface area contributed by atoms with Crippen LogP contribution in [0.5, 0.6) is 0 Å². The lowest BCUT2D eigenvalue weighted by Crippen LogP contribution is -2.52. The fourth-order valence-corrected chi connectivity index (χ4v) is 5.43. The molecule has 3 aliphatic rings. The van der Waals surface area contributed by atoms with Crippen LogP contribution < -0.4 is 0 Å². The van der Waals surface area contributed by atoms with Gasteiger partial charge in [-0.2, -0.15) is 0 Å². The van der Waals surface area contributed by atoms with Gasteiger partial charge in [-0.25, -0.2) is 0 Å². The highest BCUT2D eigenvalue weighted by Gasteiger charge is 2.65. The van der Waals surface area contributed by atoms with E-state index in [2.05, 4.69) is 4.90 Å². The molecule has 4 rings (SSSR count). The average molecular weight is 359 g/mol. The summed E-state index contributed by atoms with van der Waals surface area (Å²) < 4.78 is 5.72. The molecule has 2 spiro atoms. The van der Waals surface area contributed by atoms with Crippen molar-refractivity contribution in [3.05, 3.63) is 23.7 Å². The Kier molecular flexibility index (Phi) is 4.14. The molecule has 1 aromatic heterocycles. The number of furan rings is 1. The number of carbonyl (C=O) groups is 2. The summed E-state index contributed by atoms with van der Waals surface area (Å²) in [5.74, 6) is 2.29. The van der Waals surface area contributed by atoms with E-state index >= 15 is 0 Å². The number of aryl methyl sites for hydroxylation is 1. The summed E-state index contributed by atoms with van der Waals surface area (Å²) in [5, 5.41) is 0. The van der Waals surface area contributed by atoms with Gasteiger partial charge in [0.15, 0.2) is 0 Å². The van der Waals surface area contributed by atoms with Gasteiger partial charge in [-0.05, 0) is 51.4 Å². The maximum Gasteiger partial charge on any atom is 0.231 e. The van der Waals surface area contributed by atoms with Gasteiger partial charge in [0.25, 0.3) is 0 Å². The molecule has 26 heavy (non-hydrogen) atoms. The Balaban J connectivity index is 1.53. The van der Waals surface area contributed by atoms with Crippen molar-refractivity contribution in [2.75, 3.05) is 39.8 Å². The molecule has 0 aromatic carbocycles. The summed E-state index contributed by atoms with van der Waals surface area (Å²) >= 11 is 0. The summed E-state index contributed by atoms with van der Waals surface area (Å²) in [7, 11) is 1.90. The summed E-state index contributed by atoms with van der Waals surface area (Å²) in [6, 6.07) is 4.05. The van der Waals surface area contributed by atoms with Gasteiger partial charge in [0.1, 0.15) is 11.5 Å². The second kappa shape index (κ2) is 6.12. The molecular weight excluding hydrogens is 330 g/mol. The molecule has 3 fully saturated rings. The first-order chi connectivity index (χ1) is 12.4. The zero-order valence-electron chi connectivity index (χ0n) is 16.1. The Bertz CT molecular complexity index is 720. The largest absolute Gasteiger partial charge is 0.465 e. The average Bonchev–Trinajstić information content (AvgIpc) is 3.25. The summed E-state index contributed by atoms with van der Waals surface area (Å²) in [6.45, 7) is 8.45. The van der Waals surface area contributed by atoms with Crippen molar-refractivity contribution in [1.29, 1.82) is 0 Å². The zero-order valence-corrected chi connectivity index (χ0v) is 16.1. The normalized spacial score (nSPS) is 28.7. The third-order valence-electron chi connectivity index (χ3n) is 7.03. The SMILES string of the molecule is CC(=O)N1CC2(CCN(Cc3ccc(C)o3)CC2)[C@@]2(CCN(C)C2=O)C1. The minimum Gasteiger partial charge on any atom is -0.465 e. The Morgan fingerprint density at radius 2 is 1.88 bits per heavy atom. The van der Waals surface area contributed by atoms with Crippen molar-refractivity contribution >= 4 is 11.8 Å². The Morgan fingerprint density at radius 3 is 2.42 bits per heavy atom. The lowest BCUT2D eigenvalue weighted by atomic mass is 9.60. The number of hydrogen-bond donors (Lipinski definition) is 0. The first-order valence-electron chi connectivity index (χ1n) is 9.64. The van der Waals surface area contributed by atoms with Crippen molar-refractivity contribution < 1.29 is 14.0 Å². The number of nitrogens with zero attached hydrogens (tertiary/aromatic N) is 3. The predicted octanol–water partition coefficient (Wildman–Crippen LogP) is 1.88. The van der Waals surface area contributed by atoms with Crippen molar-refractivity contribution in [1.82, 2.24) is 14.7 Å². The van der Waals surface area contributed by atoms with E-state index in [0.29, 0.717) is 6.54 Å². The van der Waals surface area contributed by atoms with Crippen LogP contribution in [0.1, 0.15) is 37.7 Å². The molecule has 1 aromatic rings. The van der Waals surface area contributed by atoms with Crippen LogP contribution in [0.25, 0.3) is 0 Å². The fraction of sp³-hybridized carbons (Fsp3) is 0.700. The van der Waals surface area contributed by atoms with Gasteiger partial charge in [0.2, 0.25) is 11.8 Å². The lowest BCUT2D eigenvalue weighted by molar-refractivity contribution is -0.141. The minimum atomic E-state index is -0.374. The van der Waals surface area contributed by atoms with Crippen LogP contribution in [0, 0.1) is 17.8 Å². The van der Waals surface area contributed by atoms with Crippen LogP contribution in [0.2, 0.25) is 0 Å². The molecule has 1 atom stereocenters. The van der Waals surface area contributed by atoms with E-state index in [1.54, 1.807) is 6.92 Å². The molecule has 0 saturated carbocycles. The van der Waals surface area contributed by atoms with Crippen molar-refractivity contribution in [3.63, 3.8) is 0 Å². The van der Waals surface area contributed by atoms with Gasteiger partial charge >= 0.3 is 0 Å². The molecule has 0 unspecified atom stereocenters. The van der Waals surface area contributed by atoms with Gasteiger partial charge in [0, 0.05) is 39.0 Å². The van der Waals surface area contributed by atoms with Crippen LogP contribution in [-0.2, 0) is 16.1 Å². The molecule has 142 valence electrons. The maximum absolute atomic E-state index is 13.1. The molecule has 6 nitrogen and oxygen atoms in total. The number of fused-ring (bicyclic) bond motifs is 1. The highest BCUT2D eigenvalue weighted by atomic mass is 16.3. The molecule has 0 N–H and O–H groups in total. The van der Waals surface area contributed by atoms with Gasteiger partial charge in [0.05, 0.1) is 12.0 Å². The number of likely N-dealkylation sites (tertiary alicyclic amines) is 3. The van der Waals surface area contributed by atoms with Crippen LogP contribution >= 0.6 is 0 Å². The molecule has 3 saturated heterocycles. The van der Waals surface area contributed by atoms with Crippen molar-refractivity contribution in [3.8, 4) is 0 Å². The third kappa shape index (κ3) is 2.57. The number of amides is 2. The van der Waals surface area contributed by atoms with Gasteiger partial charge in [-0.1, -0.05) is 0 Å². The van der Waals surface area contributed by atoms with E-state index in [4.69, 9.17) is 4.42 Å². The molecule has 6 heteroatoms. The summed E-state index contributed by atoms with van der Waals surface area (Å²) in [6.07, 6.45) is 2.82. The number of carbonyl (C=O) groups excluding carboxylic acids is 2. The van der Waals surface area contributed by atoms with E-state index in [1.165, 1.54) is 0 Å². The first kappa shape index (κ1) is 17.6. The van der Waals surface area contributed by atoms with E-state index < -0.39 is 0 Å². The quantitative estimate of drug-likeness (QED) is 0.809. The van der Waals surface area contributed by atoms with Crippen LogP contribution in [0.15, 0.2) is 16.5 Å². The molecule has 0 bridgehead atoms. The number of rotatable bonds is 2. The molecular formula is C20H29N3O3. The lowest BCUT2D eigenvalue weighted by Gasteiger charge is -2.46. The highest BCUT2D eigenvalue weighted by Crippen LogP contribution is 2.57. The van der Waals surface area contributed by atoms with Crippen LogP contribution in [0.4, 0.5) is 0 Å². The topological polar surface area (TPSA) is 57.0 Å². The van der Waals surface area contributed by atoms with E-state index in [0.717, 1.165) is 63.5 Å². The molecule has 0 aliphatic carbocycles. The summed E-state index contributed by atoms with van der Waals surface area (Å²) in [5.41, 5.74) is -0.448. The predicted molar refractivity (Wildman–Crippen MR) is 97.3 cm³/mol. The van der Waals surface area contributed by atoms with Crippen LogP contribution in [-0.4, -0.2) is 66.3 Å². The smallest absolute Gasteiger partial charge is 0.231 e. The van der Waals surface area contributed by atoms with Crippen LogP contribution in [0.3, 0.4) is 0 Å². The summed E-state index contributed by atoms with van der Waals surface area (Å²) in [4.78, 5) is 31.4. The third-order valence-corrected chi connectivity index (χ3v) is 7.03. The molecule has 4 heterocycles. The van der Waals surface area contributed by atoms with E-state index in [-0.39, 0.29) is 22.6 Å². The Morgan fingerprint density at radius 1 is 1.15 bits per heavy atom. The van der Waals surface area contributed by atoms with E-state index in [9.17, 15) is 9.59 Å². The Labute approximate surface area is 155 Å². The maximum atomic E-state index is 13.1. The first-order valence-corrected chi connectivity index (χ1v) is 9.64. The number of hydrogen-bond acceptors (Lipinski definition) is 4. The second-order valence-corrected chi connectivity index (χ2v) is 8.50. The van der Waals surface area contributed by atoms with Crippen molar-refractivity contribution in [2.24, 2.45) is 10.8 Å². The fourth-order valence-electron chi connectivity index (χ4n) is 5.43. The Hall–Kier alpha value is -1.82. The van der Waals surface area contributed by atoms with Gasteiger partial charge in [-0.3, -0.25) is 14.5 Å². The van der Waals surface area contributed by atoms with E-state index in [1.807, 2.05) is 35.9 Å². The monoisotopic (exact) mass is 359 g/mol. The van der Waals surface area contributed by atoms with Crippen molar-refractivity contribution in [2.45, 2.75) is 39.7 Å². The minimum absolute atomic E-state index is 0.0733. The molecule has 3 aliphatic heterocycles. The molecule has 2 amide bonds. The standard InChI is InChI=1S/C20H29N3O3/c1-15-4-5-17(26-15)12-22-10-6-19(7-11-22)13-23(16(2)24)14-20(19)8-9-21(3)18(20)25/h4-5H,6-14H2,1-3H3/t20-/m0/s1. The van der Waals surface area contributed by atoms with Gasteiger partial charge < -0.3 is 14.2 Å². The highest BCUT2D eigenvalue weighted by molar-refractivity contribution is 5.88. The van der Waals surface area contributed by atoms with Gasteiger partial charge in [-0.15, -0.1) is 0 Å². The second-order valence-electron chi connectivity index (χ2n) is 8.50.